The van der Waals surface area contributed by atoms with E-state index in [4.69, 9.17) is 11.6 Å². The van der Waals surface area contributed by atoms with Crippen LogP contribution in [-0.2, 0) is 0 Å². The maximum atomic E-state index is 5.93. The molecule has 3 heteroatoms. The van der Waals surface area contributed by atoms with Gasteiger partial charge in [-0.3, -0.25) is 5.10 Å². The highest BCUT2D eigenvalue weighted by Crippen LogP contribution is 2.23. The Morgan fingerprint density at radius 1 is 1.27 bits per heavy atom. The summed E-state index contributed by atoms with van der Waals surface area (Å²) < 4.78 is 0. The fourth-order valence-electron chi connectivity index (χ4n) is 1.43. The Morgan fingerprint density at radius 2 is 2.07 bits per heavy atom. The van der Waals surface area contributed by atoms with Crippen LogP contribution in [0.5, 0.6) is 0 Å². The van der Waals surface area contributed by atoms with E-state index in [1.807, 2.05) is 24.3 Å². The molecule has 0 saturated heterocycles. The Balaban J connectivity index is 2.37. The molecule has 0 aliphatic rings. The number of nitrogens with zero attached hydrogens (tertiary/aromatic N) is 1. The summed E-state index contributed by atoms with van der Waals surface area (Å²) in [6, 6.07) is 9.78. The van der Waals surface area contributed by atoms with Crippen molar-refractivity contribution in [1.82, 2.24) is 10.2 Å². The lowest BCUT2D eigenvalue weighted by Gasteiger charge is -1.97. The van der Waals surface area contributed by atoms with Crippen LogP contribution in [0, 0.1) is 0 Å². The zero-order valence-corrected chi connectivity index (χ0v) is 9.55. The molecule has 0 atom stereocenters. The normalized spacial score (nSPS) is 10.9. The van der Waals surface area contributed by atoms with Crippen molar-refractivity contribution in [3.8, 4) is 11.3 Å². The van der Waals surface area contributed by atoms with Gasteiger partial charge in [0.15, 0.2) is 0 Å². The van der Waals surface area contributed by atoms with Gasteiger partial charge < -0.3 is 0 Å². The Hall–Kier alpha value is -1.28. The van der Waals surface area contributed by atoms with Crippen molar-refractivity contribution < 1.29 is 0 Å². The minimum Gasteiger partial charge on any atom is -0.282 e. The van der Waals surface area contributed by atoms with Gasteiger partial charge in [-0.1, -0.05) is 37.6 Å². The maximum Gasteiger partial charge on any atom is 0.0924 e. The SMILES string of the molecule is CC(C)c1cc(-c2cccc(Cl)c2)n[nH]1. The number of rotatable bonds is 2. The summed E-state index contributed by atoms with van der Waals surface area (Å²) in [5, 5.41) is 8.03. The fourth-order valence-corrected chi connectivity index (χ4v) is 1.62. The average Bonchev–Trinajstić information content (AvgIpc) is 2.66. The van der Waals surface area contributed by atoms with Crippen molar-refractivity contribution in [1.29, 1.82) is 0 Å². The Kier molecular flexibility index (Phi) is 2.78. The highest BCUT2D eigenvalue weighted by Gasteiger charge is 2.06. The van der Waals surface area contributed by atoms with Crippen molar-refractivity contribution in [2.24, 2.45) is 0 Å². The maximum absolute atomic E-state index is 5.93. The van der Waals surface area contributed by atoms with E-state index in [2.05, 4.69) is 30.1 Å². The fraction of sp³-hybridized carbons (Fsp3) is 0.250. The molecule has 15 heavy (non-hydrogen) atoms. The molecule has 0 fully saturated rings. The van der Waals surface area contributed by atoms with E-state index in [0.717, 1.165) is 22.0 Å². The van der Waals surface area contributed by atoms with Crippen molar-refractivity contribution >= 4 is 11.6 Å². The van der Waals surface area contributed by atoms with Gasteiger partial charge in [-0.2, -0.15) is 5.10 Å². The lowest BCUT2D eigenvalue weighted by molar-refractivity contribution is 0.811. The topological polar surface area (TPSA) is 28.7 Å². The smallest absolute Gasteiger partial charge is 0.0924 e. The standard InChI is InChI=1S/C12H13ClN2/c1-8(2)11-7-12(15-14-11)9-4-3-5-10(13)6-9/h3-8H,1-2H3,(H,14,15). The molecule has 1 heterocycles. The molecule has 0 unspecified atom stereocenters. The first-order valence-corrected chi connectivity index (χ1v) is 5.36. The molecule has 0 amide bonds. The number of aromatic amines is 1. The third-order valence-electron chi connectivity index (χ3n) is 2.34. The van der Waals surface area contributed by atoms with Crippen LogP contribution in [0.25, 0.3) is 11.3 Å². The molecule has 1 aromatic heterocycles. The average molecular weight is 221 g/mol. The zero-order valence-electron chi connectivity index (χ0n) is 8.79. The Bertz CT molecular complexity index is 460. The Labute approximate surface area is 94.3 Å². The second-order valence-corrected chi connectivity index (χ2v) is 4.31. The first kappa shape index (κ1) is 10.2. The molecule has 0 bridgehead atoms. The molecule has 78 valence electrons. The summed E-state index contributed by atoms with van der Waals surface area (Å²) in [5.41, 5.74) is 3.14. The predicted molar refractivity (Wildman–Crippen MR) is 63.1 cm³/mol. The van der Waals surface area contributed by atoms with Gasteiger partial charge in [-0.25, -0.2) is 0 Å². The number of hydrogen-bond donors (Lipinski definition) is 1. The van der Waals surface area contributed by atoms with E-state index in [-0.39, 0.29) is 0 Å². The molecular formula is C12H13ClN2. The van der Waals surface area contributed by atoms with E-state index in [9.17, 15) is 0 Å². The number of H-pyrrole nitrogens is 1. The molecule has 0 radical (unpaired) electrons. The van der Waals surface area contributed by atoms with Gasteiger partial charge >= 0.3 is 0 Å². The molecule has 0 spiro atoms. The van der Waals surface area contributed by atoms with Gasteiger partial charge in [0.2, 0.25) is 0 Å². The minimum atomic E-state index is 0.463. The summed E-state index contributed by atoms with van der Waals surface area (Å²) in [6.45, 7) is 4.27. The van der Waals surface area contributed by atoms with E-state index in [0.29, 0.717) is 5.92 Å². The molecule has 2 aromatic rings. The van der Waals surface area contributed by atoms with Crippen molar-refractivity contribution in [2.75, 3.05) is 0 Å². The van der Waals surface area contributed by atoms with Gasteiger partial charge in [-0.05, 0) is 24.1 Å². The molecule has 0 aliphatic carbocycles. The lowest BCUT2D eigenvalue weighted by Crippen LogP contribution is -1.85. The Morgan fingerprint density at radius 3 is 2.67 bits per heavy atom. The van der Waals surface area contributed by atoms with E-state index < -0.39 is 0 Å². The highest BCUT2D eigenvalue weighted by atomic mass is 35.5. The van der Waals surface area contributed by atoms with Crippen molar-refractivity contribution in [3.05, 3.63) is 41.0 Å². The van der Waals surface area contributed by atoms with Crippen LogP contribution in [0.1, 0.15) is 25.5 Å². The quantitative estimate of drug-likeness (QED) is 0.818. The second-order valence-electron chi connectivity index (χ2n) is 3.87. The van der Waals surface area contributed by atoms with E-state index >= 15 is 0 Å². The second kappa shape index (κ2) is 4.07. The van der Waals surface area contributed by atoms with Gasteiger partial charge in [0, 0.05) is 16.3 Å². The zero-order chi connectivity index (χ0) is 10.8. The molecule has 1 aromatic carbocycles. The van der Waals surface area contributed by atoms with Crippen LogP contribution < -0.4 is 0 Å². The largest absolute Gasteiger partial charge is 0.282 e. The summed E-state index contributed by atoms with van der Waals surface area (Å²) in [5.74, 6) is 0.463. The first-order valence-electron chi connectivity index (χ1n) is 4.98. The van der Waals surface area contributed by atoms with Crippen LogP contribution in [0.15, 0.2) is 30.3 Å². The highest BCUT2D eigenvalue weighted by molar-refractivity contribution is 6.30. The molecule has 2 nitrogen and oxygen atoms in total. The summed E-state index contributed by atoms with van der Waals surface area (Å²) in [6.07, 6.45) is 0. The summed E-state index contributed by atoms with van der Waals surface area (Å²) in [7, 11) is 0. The number of hydrogen-bond acceptors (Lipinski definition) is 1. The molecular weight excluding hydrogens is 208 g/mol. The van der Waals surface area contributed by atoms with Gasteiger partial charge in [-0.15, -0.1) is 0 Å². The van der Waals surface area contributed by atoms with Crippen LogP contribution in [0.4, 0.5) is 0 Å². The van der Waals surface area contributed by atoms with E-state index in [1.165, 1.54) is 0 Å². The number of nitrogens with one attached hydrogen (secondary N) is 1. The molecule has 0 aliphatic heterocycles. The minimum absolute atomic E-state index is 0.463. The van der Waals surface area contributed by atoms with Crippen LogP contribution in [0.3, 0.4) is 0 Å². The molecule has 0 saturated carbocycles. The van der Waals surface area contributed by atoms with Crippen LogP contribution >= 0.6 is 11.6 Å². The first-order chi connectivity index (χ1) is 7.16. The third-order valence-corrected chi connectivity index (χ3v) is 2.58. The lowest BCUT2D eigenvalue weighted by atomic mass is 10.1. The molecule has 1 N–H and O–H groups in total. The summed E-state index contributed by atoms with van der Waals surface area (Å²) in [4.78, 5) is 0. The van der Waals surface area contributed by atoms with E-state index in [1.54, 1.807) is 0 Å². The van der Waals surface area contributed by atoms with Crippen LogP contribution in [-0.4, -0.2) is 10.2 Å². The number of benzene rings is 1. The van der Waals surface area contributed by atoms with Crippen LogP contribution in [0.2, 0.25) is 5.02 Å². The van der Waals surface area contributed by atoms with Crippen molar-refractivity contribution in [3.63, 3.8) is 0 Å². The molecule has 2 rings (SSSR count). The van der Waals surface area contributed by atoms with Gasteiger partial charge in [0.05, 0.1) is 5.69 Å². The predicted octanol–water partition coefficient (Wildman–Crippen LogP) is 3.85. The summed E-state index contributed by atoms with van der Waals surface area (Å²) >= 11 is 5.93. The van der Waals surface area contributed by atoms with Crippen molar-refractivity contribution in [2.45, 2.75) is 19.8 Å². The monoisotopic (exact) mass is 220 g/mol. The number of aromatic nitrogens is 2. The number of halogens is 1. The van der Waals surface area contributed by atoms with Gasteiger partial charge in [0.25, 0.3) is 0 Å². The third kappa shape index (κ3) is 2.21. The van der Waals surface area contributed by atoms with Gasteiger partial charge in [0.1, 0.15) is 0 Å².